The Labute approximate surface area is 104 Å². The van der Waals surface area contributed by atoms with Crippen LogP contribution in [0.5, 0.6) is 0 Å². The summed E-state index contributed by atoms with van der Waals surface area (Å²) in [6.45, 7) is 0. The van der Waals surface area contributed by atoms with Gasteiger partial charge in [-0.1, -0.05) is 11.6 Å². The van der Waals surface area contributed by atoms with Crippen molar-refractivity contribution in [2.75, 3.05) is 7.05 Å². The number of aromatic nitrogens is 2. The molecule has 0 saturated heterocycles. The number of nitrogens with zero attached hydrogens (tertiary/aromatic N) is 2. The van der Waals surface area contributed by atoms with E-state index in [9.17, 15) is 4.39 Å². The summed E-state index contributed by atoms with van der Waals surface area (Å²) < 4.78 is 13.8. The highest BCUT2D eigenvalue weighted by Gasteiger charge is 2.16. The quantitative estimate of drug-likeness (QED) is 0.911. The molecule has 0 radical (unpaired) electrons. The fourth-order valence-corrected chi connectivity index (χ4v) is 1.88. The van der Waals surface area contributed by atoms with Crippen molar-refractivity contribution in [1.29, 1.82) is 0 Å². The Morgan fingerprint density at radius 2 is 2.00 bits per heavy atom. The molecule has 0 aliphatic rings. The van der Waals surface area contributed by atoms with Crippen molar-refractivity contribution in [1.82, 2.24) is 15.3 Å². The fraction of sp³-hybridized carbons (Fsp3) is 0.167. The second-order valence-corrected chi connectivity index (χ2v) is 4.00. The van der Waals surface area contributed by atoms with Gasteiger partial charge in [0.05, 0.1) is 6.04 Å². The highest BCUT2D eigenvalue weighted by atomic mass is 35.5. The normalized spacial score (nSPS) is 12.4. The van der Waals surface area contributed by atoms with Crippen LogP contribution in [-0.4, -0.2) is 17.0 Å². The molecule has 0 bridgehead atoms. The van der Waals surface area contributed by atoms with E-state index >= 15 is 0 Å². The Balaban J connectivity index is 2.46. The molecule has 0 saturated carbocycles. The fourth-order valence-electron chi connectivity index (χ4n) is 1.70. The van der Waals surface area contributed by atoms with Crippen LogP contribution in [0.3, 0.4) is 0 Å². The molecule has 3 nitrogen and oxygen atoms in total. The summed E-state index contributed by atoms with van der Waals surface area (Å²) in [5.41, 5.74) is 1.27. The molecule has 1 aromatic carbocycles. The Bertz CT molecular complexity index is 504. The lowest BCUT2D eigenvalue weighted by atomic mass is 10.0. The minimum Gasteiger partial charge on any atom is -0.309 e. The van der Waals surface area contributed by atoms with Gasteiger partial charge in [-0.15, -0.1) is 0 Å². The number of rotatable bonds is 3. The maximum Gasteiger partial charge on any atom is 0.128 e. The second kappa shape index (κ2) is 5.21. The summed E-state index contributed by atoms with van der Waals surface area (Å²) in [5, 5.41) is 3.52. The van der Waals surface area contributed by atoms with Gasteiger partial charge in [-0.3, -0.25) is 0 Å². The lowest BCUT2D eigenvalue weighted by Crippen LogP contribution is -2.19. The van der Waals surface area contributed by atoms with E-state index in [1.54, 1.807) is 25.5 Å². The van der Waals surface area contributed by atoms with Crippen LogP contribution in [0.4, 0.5) is 4.39 Å². The number of nitrogens with one attached hydrogen (secondary N) is 1. The Hall–Kier alpha value is -1.52. The van der Waals surface area contributed by atoms with Gasteiger partial charge in [-0.05, 0) is 25.2 Å². The van der Waals surface area contributed by atoms with Gasteiger partial charge in [0.2, 0.25) is 0 Å². The largest absolute Gasteiger partial charge is 0.309 e. The van der Waals surface area contributed by atoms with Crippen molar-refractivity contribution in [3.05, 3.63) is 58.9 Å². The zero-order valence-electron chi connectivity index (χ0n) is 9.19. The van der Waals surface area contributed by atoms with Gasteiger partial charge in [0, 0.05) is 28.5 Å². The average molecular weight is 252 g/mol. The van der Waals surface area contributed by atoms with Crippen molar-refractivity contribution in [2.24, 2.45) is 0 Å². The van der Waals surface area contributed by atoms with E-state index < -0.39 is 0 Å². The van der Waals surface area contributed by atoms with E-state index in [2.05, 4.69) is 15.3 Å². The number of halogens is 2. The molecule has 0 aliphatic heterocycles. The van der Waals surface area contributed by atoms with Crippen molar-refractivity contribution < 1.29 is 4.39 Å². The molecule has 0 aliphatic carbocycles. The van der Waals surface area contributed by atoms with E-state index in [0.717, 1.165) is 5.56 Å². The van der Waals surface area contributed by atoms with Crippen molar-refractivity contribution >= 4 is 11.6 Å². The average Bonchev–Trinajstić information content (AvgIpc) is 2.36. The van der Waals surface area contributed by atoms with E-state index in [-0.39, 0.29) is 11.9 Å². The van der Waals surface area contributed by atoms with Crippen molar-refractivity contribution in [2.45, 2.75) is 6.04 Å². The van der Waals surface area contributed by atoms with Crippen molar-refractivity contribution in [3.8, 4) is 0 Å². The minimum absolute atomic E-state index is 0.308. The van der Waals surface area contributed by atoms with Crippen LogP contribution >= 0.6 is 11.6 Å². The number of benzene rings is 1. The molecule has 1 N–H and O–H groups in total. The molecule has 0 spiro atoms. The summed E-state index contributed by atoms with van der Waals surface area (Å²) in [7, 11) is 1.75. The lowest BCUT2D eigenvalue weighted by molar-refractivity contribution is 0.575. The van der Waals surface area contributed by atoms with Crippen LogP contribution in [0.2, 0.25) is 5.02 Å². The van der Waals surface area contributed by atoms with E-state index in [4.69, 9.17) is 11.6 Å². The van der Waals surface area contributed by atoms with Crippen LogP contribution in [0, 0.1) is 5.82 Å². The molecule has 2 rings (SSSR count). The summed E-state index contributed by atoms with van der Waals surface area (Å²) in [6.07, 6.45) is 4.73. The van der Waals surface area contributed by atoms with E-state index in [1.165, 1.54) is 18.5 Å². The molecule has 1 heterocycles. The Morgan fingerprint density at radius 1 is 1.29 bits per heavy atom. The predicted octanol–water partition coefficient (Wildman–Crippen LogP) is 2.58. The first-order valence-electron chi connectivity index (χ1n) is 5.09. The maximum absolute atomic E-state index is 13.8. The lowest BCUT2D eigenvalue weighted by Gasteiger charge is -2.17. The van der Waals surface area contributed by atoms with Gasteiger partial charge in [-0.2, -0.15) is 0 Å². The highest BCUT2D eigenvalue weighted by Crippen LogP contribution is 2.25. The molecule has 0 amide bonds. The third-order valence-corrected chi connectivity index (χ3v) is 2.71. The standard InChI is InChI=1S/C12H11ClFN3/c1-15-12(8-5-16-7-17-6-8)10-4-9(13)2-3-11(10)14/h2-7,12,15H,1H3. The summed E-state index contributed by atoms with van der Waals surface area (Å²) in [4.78, 5) is 7.85. The van der Waals surface area contributed by atoms with E-state index in [0.29, 0.717) is 10.6 Å². The molecule has 1 aromatic heterocycles. The summed E-state index contributed by atoms with van der Waals surface area (Å²) >= 11 is 5.88. The Morgan fingerprint density at radius 3 is 2.65 bits per heavy atom. The zero-order chi connectivity index (χ0) is 12.3. The number of hydrogen-bond donors (Lipinski definition) is 1. The van der Waals surface area contributed by atoms with Crippen LogP contribution in [-0.2, 0) is 0 Å². The summed E-state index contributed by atoms with van der Waals surface area (Å²) in [5.74, 6) is -0.308. The molecule has 5 heteroatoms. The first kappa shape index (κ1) is 12.0. The van der Waals surface area contributed by atoms with Crippen LogP contribution in [0.25, 0.3) is 0 Å². The first-order chi connectivity index (χ1) is 8.22. The first-order valence-corrected chi connectivity index (χ1v) is 5.47. The van der Waals surface area contributed by atoms with Gasteiger partial charge >= 0.3 is 0 Å². The maximum atomic E-state index is 13.8. The second-order valence-electron chi connectivity index (χ2n) is 3.56. The number of hydrogen-bond acceptors (Lipinski definition) is 3. The third-order valence-electron chi connectivity index (χ3n) is 2.47. The van der Waals surface area contributed by atoms with Crippen LogP contribution in [0.1, 0.15) is 17.2 Å². The topological polar surface area (TPSA) is 37.8 Å². The molecule has 1 unspecified atom stereocenters. The van der Waals surface area contributed by atoms with Crippen LogP contribution < -0.4 is 5.32 Å². The predicted molar refractivity (Wildman–Crippen MR) is 64.3 cm³/mol. The smallest absolute Gasteiger partial charge is 0.128 e. The molecule has 2 aromatic rings. The Kier molecular flexibility index (Phi) is 3.66. The van der Waals surface area contributed by atoms with Gasteiger partial charge < -0.3 is 5.32 Å². The molecule has 17 heavy (non-hydrogen) atoms. The summed E-state index contributed by atoms with van der Waals surface area (Å²) in [6, 6.07) is 4.17. The highest BCUT2D eigenvalue weighted by molar-refractivity contribution is 6.30. The monoisotopic (exact) mass is 251 g/mol. The van der Waals surface area contributed by atoms with Crippen LogP contribution in [0.15, 0.2) is 36.9 Å². The third kappa shape index (κ3) is 2.60. The SMILES string of the molecule is CNC(c1cncnc1)c1cc(Cl)ccc1F. The van der Waals surface area contributed by atoms with Crippen molar-refractivity contribution in [3.63, 3.8) is 0 Å². The van der Waals surface area contributed by atoms with Gasteiger partial charge in [0.1, 0.15) is 12.1 Å². The molecule has 0 fully saturated rings. The molecular weight excluding hydrogens is 241 g/mol. The molecule has 1 atom stereocenters. The van der Waals surface area contributed by atoms with Gasteiger partial charge in [-0.25, -0.2) is 14.4 Å². The minimum atomic E-state index is -0.310. The van der Waals surface area contributed by atoms with Gasteiger partial charge in [0.25, 0.3) is 0 Å². The zero-order valence-corrected chi connectivity index (χ0v) is 9.95. The van der Waals surface area contributed by atoms with Gasteiger partial charge in [0.15, 0.2) is 0 Å². The molecule has 88 valence electrons. The molecular formula is C12H11ClFN3. The van der Waals surface area contributed by atoms with E-state index in [1.807, 2.05) is 0 Å².